The highest BCUT2D eigenvalue weighted by Crippen LogP contribution is 2.07. The third kappa shape index (κ3) is 4.19. The van der Waals surface area contributed by atoms with Crippen molar-refractivity contribution in [3.05, 3.63) is 35.9 Å². The van der Waals surface area contributed by atoms with Gasteiger partial charge in [-0.25, -0.2) is 4.79 Å². The summed E-state index contributed by atoms with van der Waals surface area (Å²) in [6.45, 7) is 1.18. The Labute approximate surface area is 117 Å². The molecule has 0 unspecified atom stereocenters. The third-order valence-electron chi connectivity index (χ3n) is 2.75. The second-order valence-corrected chi connectivity index (χ2v) is 5.72. The number of ether oxygens (including phenoxy) is 1. The molecular weight excluding hydrogens is 284 g/mol. The standard InChI is InChI=1S/C12H16N2O5S/c15-12(13-10-11-4-2-1-3-5-11)19-20(16,17)14-6-8-18-9-7-14/h1-5H,6-10H2,(H,13,15). The molecule has 1 heterocycles. The summed E-state index contributed by atoms with van der Waals surface area (Å²) in [6, 6.07) is 9.14. The summed E-state index contributed by atoms with van der Waals surface area (Å²) in [7, 11) is -4.05. The molecule has 0 bridgehead atoms. The summed E-state index contributed by atoms with van der Waals surface area (Å²) in [6.07, 6.45) is -0.986. The van der Waals surface area contributed by atoms with Gasteiger partial charge in [0.05, 0.1) is 13.2 Å². The van der Waals surface area contributed by atoms with Gasteiger partial charge in [0.1, 0.15) is 0 Å². The van der Waals surface area contributed by atoms with Crippen LogP contribution in [0.1, 0.15) is 5.56 Å². The number of nitrogens with one attached hydrogen (secondary N) is 1. The number of benzene rings is 1. The molecule has 0 atom stereocenters. The van der Waals surface area contributed by atoms with Crippen LogP contribution in [-0.4, -0.2) is 45.1 Å². The number of hydrogen-bond donors (Lipinski definition) is 1. The van der Waals surface area contributed by atoms with Crippen molar-refractivity contribution < 1.29 is 22.1 Å². The van der Waals surface area contributed by atoms with E-state index in [9.17, 15) is 13.2 Å². The largest absolute Gasteiger partial charge is 0.423 e. The first-order valence-corrected chi connectivity index (χ1v) is 7.53. The maximum absolute atomic E-state index is 11.8. The van der Waals surface area contributed by atoms with Crippen LogP contribution < -0.4 is 5.32 Å². The summed E-state index contributed by atoms with van der Waals surface area (Å²) >= 11 is 0. The summed E-state index contributed by atoms with van der Waals surface area (Å²) in [4.78, 5) is 11.5. The highest BCUT2D eigenvalue weighted by molar-refractivity contribution is 7.84. The average Bonchev–Trinajstić information content (AvgIpc) is 2.47. The van der Waals surface area contributed by atoms with E-state index in [2.05, 4.69) is 9.50 Å². The SMILES string of the molecule is O=C(NCc1ccccc1)OS(=O)(=O)N1CCOCC1. The van der Waals surface area contributed by atoms with Crippen molar-refractivity contribution in [2.75, 3.05) is 26.3 Å². The van der Waals surface area contributed by atoms with Crippen LogP contribution >= 0.6 is 0 Å². The molecule has 1 aromatic carbocycles. The molecule has 8 heteroatoms. The summed E-state index contributed by atoms with van der Waals surface area (Å²) in [5, 5.41) is 2.40. The molecular formula is C12H16N2O5S. The number of nitrogens with zero attached hydrogens (tertiary/aromatic N) is 1. The first kappa shape index (κ1) is 14.8. The number of carbonyl (C=O) groups excluding carboxylic acids is 1. The zero-order valence-electron chi connectivity index (χ0n) is 10.8. The van der Waals surface area contributed by atoms with Gasteiger partial charge in [0.2, 0.25) is 0 Å². The molecule has 0 aliphatic carbocycles. The van der Waals surface area contributed by atoms with E-state index in [1.165, 1.54) is 0 Å². The van der Waals surface area contributed by atoms with Gasteiger partial charge in [-0.1, -0.05) is 30.3 Å². The minimum absolute atomic E-state index is 0.189. The van der Waals surface area contributed by atoms with Crippen LogP contribution in [0.2, 0.25) is 0 Å². The van der Waals surface area contributed by atoms with Crippen molar-refractivity contribution in [3.8, 4) is 0 Å². The molecule has 20 heavy (non-hydrogen) atoms. The van der Waals surface area contributed by atoms with Crippen molar-refractivity contribution in [2.45, 2.75) is 6.54 Å². The van der Waals surface area contributed by atoms with Gasteiger partial charge in [0.25, 0.3) is 0 Å². The minimum Gasteiger partial charge on any atom is -0.379 e. The molecule has 1 saturated heterocycles. The lowest BCUT2D eigenvalue weighted by Crippen LogP contribution is -2.43. The lowest BCUT2D eigenvalue weighted by atomic mass is 10.2. The molecule has 0 spiro atoms. The van der Waals surface area contributed by atoms with E-state index in [4.69, 9.17) is 4.74 Å². The summed E-state index contributed by atoms with van der Waals surface area (Å²) < 4.78 is 34.2. The van der Waals surface area contributed by atoms with Gasteiger partial charge in [0.15, 0.2) is 0 Å². The second-order valence-electron chi connectivity index (χ2n) is 4.18. The monoisotopic (exact) mass is 300 g/mol. The van der Waals surface area contributed by atoms with E-state index in [1.54, 1.807) is 0 Å². The van der Waals surface area contributed by atoms with Gasteiger partial charge >= 0.3 is 16.4 Å². The van der Waals surface area contributed by atoms with Crippen LogP contribution in [0.3, 0.4) is 0 Å². The van der Waals surface area contributed by atoms with Gasteiger partial charge in [-0.15, -0.1) is 0 Å². The first-order chi connectivity index (χ1) is 9.58. The second kappa shape index (κ2) is 6.69. The van der Waals surface area contributed by atoms with Crippen LogP contribution in [-0.2, 0) is 25.8 Å². The Bertz CT molecular complexity index is 540. The lowest BCUT2D eigenvalue weighted by Gasteiger charge is -2.24. The zero-order valence-corrected chi connectivity index (χ0v) is 11.6. The molecule has 1 aliphatic heterocycles. The third-order valence-corrected chi connectivity index (χ3v) is 4.11. The maximum atomic E-state index is 11.8. The van der Waals surface area contributed by atoms with Gasteiger partial charge in [0, 0.05) is 19.6 Å². The Balaban J connectivity index is 1.84. The van der Waals surface area contributed by atoms with Gasteiger partial charge in [-0.2, -0.15) is 12.7 Å². The van der Waals surface area contributed by atoms with Crippen molar-refractivity contribution in [3.63, 3.8) is 0 Å². The van der Waals surface area contributed by atoms with Crippen LogP contribution in [0.5, 0.6) is 0 Å². The Morgan fingerprint density at radius 2 is 1.90 bits per heavy atom. The average molecular weight is 300 g/mol. The van der Waals surface area contributed by atoms with E-state index < -0.39 is 16.4 Å². The molecule has 1 N–H and O–H groups in total. The first-order valence-electron chi connectivity index (χ1n) is 6.17. The highest BCUT2D eigenvalue weighted by atomic mass is 32.2. The van der Waals surface area contributed by atoms with Crippen molar-refractivity contribution in [2.24, 2.45) is 0 Å². The van der Waals surface area contributed by atoms with Crippen molar-refractivity contribution in [1.82, 2.24) is 9.62 Å². The van der Waals surface area contributed by atoms with E-state index in [0.29, 0.717) is 13.2 Å². The molecule has 110 valence electrons. The van der Waals surface area contributed by atoms with Gasteiger partial charge in [-0.3, -0.25) is 0 Å². The molecule has 0 radical (unpaired) electrons. The maximum Gasteiger partial charge on any atom is 0.423 e. The van der Waals surface area contributed by atoms with Crippen LogP contribution in [0.15, 0.2) is 30.3 Å². The molecule has 7 nitrogen and oxygen atoms in total. The predicted octanol–water partition coefficient (Wildman–Crippen LogP) is 0.490. The number of hydrogen-bond acceptors (Lipinski definition) is 5. The van der Waals surface area contributed by atoms with Crippen LogP contribution in [0.4, 0.5) is 4.79 Å². The molecule has 2 rings (SSSR count). The fourth-order valence-electron chi connectivity index (χ4n) is 1.72. The zero-order chi connectivity index (χ0) is 14.4. The van der Waals surface area contributed by atoms with Gasteiger partial charge in [-0.05, 0) is 5.56 Å². The van der Waals surface area contributed by atoms with E-state index in [-0.39, 0.29) is 19.6 Å². The lowest BCUT2D eigenvalue weighted by molar-refractivity contribution is 0.0682. The molecule has 1 aromatic rings. The number of amides is 1. The quantitative estimate of drug-likeness (QED) is 0.874. The highest BCUT2D eigenvalue weighted by Gasteiger charge is 2.28. The number of morpholine rings is 1. The summed E-state index contributed by atoms with van der Waals surface area (Å²) in [5.41, 5.74) is 0.855. The van der Waals surface area contributed by atoms with Crippen LogP contribution in [0.25, 0.3) is 0 Å². The summed E-state index contributed by atoms with van der Waals surface area (Å²) in [5.74, 6) is 0. The van der Waals surface area contributed by atoms with E-state index in [1.807, 2.05) is 30.3 Å². The Morgan fingerprint density at radius 1 is 1.25 bits per heavy atom. The molecule has 1 fully saturated rings. The topological polar surface area (TPSA) is 84.9 Å². The minimum atomic E-state index is -4.05. The fraction of sp³-hybridized carbons (Fsp3) is 0.417. The Kier molecular flexibility index (Phi) is 4.94. The Morgan fingerprint density at radius 3 is 2.55 bits per heavy atom. The molecule has 0 saturated carbocycles. The number of carbonyl (C=O) groups is 1. The molecule has 1 aliphatic rings. The van der Waals surface area contributed by atoms with Crippen molar-refractivity contribution >= 4 is 16.4 Å². The van der Waals surface area contributed by atoms with E-state index in [0.717, 1.165) is 9.87 Å². The fourth-order valence-corrected chi connectivity index (χ4v) is 2.67. The van der Waals surface area contributed by atoms with E-state index >= 15 is 0 Å². The van der Waals surface area contributed by atoms with Crippen molar-refractivity contribution in [1.29, 1.82) is 0 Å². The smallest absolute Gasteiger partial charge is 0.379 e. The predicted molar refractivity (Wildman–Crippen MR) is 71.1 cm³/mol. The van der Waals surface area contributed by atoms with Crippen LogP contribution in [0, 0.1) is 0 Å². The normalized spacial score (nSPS) is 16.6. The molecule has 1 amide bonds. The Hall–Kier alpha value is -1.64. The molecule has 0 aromatic heterocycles. The number of rotatable bonds is 4. The van der Waals surface area contributed by atoms with Gasteiger partial charge < -0.3 is 14.2 Å².